The van der Waals surface area contributed by atoms with Gasteiger partial charge in [-0.1, -0.05) is 71.9 Å². The van der Waals surface area contributed by atoms with Gasteiger partial charge in [0.25, 0.3) is 5.82 Å². The van der Waals surface area contributed by atoms with Crippen molar-refractivity contribution in [3.05, 3.63) is 65.5 Å². The smallest absolute Gasteiger partial charge is 0.367 e. The third-order valence-electron chi connectivity index (χ3n) is 7.32. The van der Waals surface area contributed by atoms with Gasteiger partial charge in [-0.15, -0.1) is 0 Å². The van der Waals surface area contributed by atoms with E-state index in [0.717, 1.165) is 12.8 Å². The van der Waals surface area contributed by atoms with Gasteiger partial charge in [0.1, 0.15) is 12.4 Å². The van der Waals surface area contributed by atoms with E-state index in [4.69, 9.17) is 0 Å². The minimum atomic E-state index is 0.154. The highest BCUT2D eigenvalue weighted by molar-refractivity contribution is 6.71. The second-order valence-electron chi connectivity index (χ2n) is 10.0. The lowest BCUT2D eigenvalue weighted by Crippen LogP contribution is -2.74. The summed E-state index contributed by atoms with van der Waals surface area (Å²) in [5.74, 6) is 2.25. The van der Waals surface area contributed by atoms with E-state index in [1.165, 1.54) is 39.2 Å². The molecule has 1 aliphatic heterocycles. The summed E-state index contributed by atoms with van der Waals surface area (Å²) in [4.78, 5) is 2.74. The van der Waals surface area contributed by atoms with Gasteiger partial charge in [0, 0.05) is 17.2 Å². The fourth-order valence-electron chi connectivity index (χ4n) is 5.69. The predicted octanol–water partition coefficient (Wildman–Crippen LogP) is 5.79. The molecule has 168 valence electrons. The molecular weight excluding hydrogens is 389 g/mol. The molecule has 0 saturated carbocycles. The van der Waals surface area contributed by atoms with Crippen molar-refractivity contribution in [2.24, 2.45) is 7.05 Å². The number of rotatable bonds is 6. The molecule has 0 unspecified atom stereocenters. The van der Waals surface area contributed by atoms with Crippen LogP contribution in [-0.2, 0) is 7.05 Å². The van der Waals surface area contributed by atoms with E-state index < -0.39 is 0 Å². The van der Waals surface area contributed by atoms with Crippen molar-refractivity contribution >= 4 is 18.1 Å². The van der Waals surface area contributed by atoms with Crippen molar-refractivity contribution in [2.45, 2.75) is 79.2 Å². The summed E-state index contributed by atoms with van der Waals surface area (Å²) in [6.45, 7) is 16.4. The molecule has 0 bridgehead atoms. The van der Waals surface area contributed by atoms with Gasteiger partial charge in [-0.3, -0.25) is 4.48 Å². The first-order valence-corrected chi connectivity index (χ1v) is 12.4. The molecule has 1 aromatic heterocycles. The van der Waals surface area contributed by atoms with Gasteiger partial charge in [0.2, 0.25) is 0 Å². The first-order chi connectivity index (χ1) is 15.3. The van der Waals surface area contributed by atoms with Crippen LogP contribution in [-0.4, -0.2) is 17.6 Å². The zero-order valence-corrected chi connectivity index (χ0v) is 21.2. The zero-order valence-electron chi connectivity index (χ0n) is 21.2. The summed E-state index contributed by atoms with van der Waals surface area (Å²) < 4.78 is 4.84. The van der Waals surface area contributed by atoms with E-state index in [2.05, 4.69) is 118 Å². The SMILES string of the molecule is CCC(CC)N1B(c2c(C(C)C)cccc2C(C)C)[n+]2ccn(C)c2-c2c(C)cccc21. The van der Waals surface area contributed by atoms with Gasteiger partial charge < -0.3 is 4.81 Å². The zero-order chi connectivity index (χ0) is 23.2. The topological polar surface area (TPSA) is 12.1 Å². The average molecular weight is 428 g/mol. The predicted molar refractivity (Wildman–Crippen MR) is 138 cm³/mol. The van der Waals surface area contributed by atoms with Crippen LogP contribution in [0.1, 0.15) is 82.9 Å². The number of anilines is 1. The second-order valence-corrected chi connectivity index (χ2v) is 10.0. The fourth-order valence-corrected chi connectivity index (χ4v) is 5.69. The number of hydrogen-bond donors (Lipinski definition) is 0. The van der Waals surface area contributed by atoms with Crippen molar-refractivity contribution in [3.63, 3.8) is 0 Å². The minimum Gasteiger partial charge on any atom is -0.367 e. The lowest BCUT2D eigenvalue weighted by Gasteiger charge is -2.41. The highest BCUT2D eigenvalue weighted by atomic mass is 15.3. The molecule has 0 saturated heterocycles. The Morgan fingerprint density at radius 2 is 1.50 bits per heavy atom. The third-order valence-corrected chi connectivity index (χ3v) is 7.32. The van der Waals surface area contributed by atoms with E-state index in [0.29, 0.717) is 17.9 Å². The summed E-state index contributed by atoms with van der Waals surface area (Å²) >= 11 is 0. The maximum atomic E-state index is 2.74. The van der Waals surface area contributed by atoms with E-state index in [-0.39, 0.29) is 6.98 Å². The van der Waals surface area contributed by atoms with Gasteiger partial charge >= 0.3 is 6.98 Å². The number of aromatic nitrogens is 2. The molecule has 0 amide bonds. The lowest BCUT2D eigenvalue weighted by atomic mass is 9.57. The molecule has 0 N–H and O–H groups in total. The van der Waals surface area contributed by atoms with Crippen LogP contribution < -0.4 is 14.8 Å². The molecule has 0 fully saturated rings. The highest BCUT2D eigenvalue weighted by Crippen LogP contribution is 2.38. The van der Waals surface area contributed by atoms with Gasteiger partial charge in [-0.2, -0.15) is 0 Å². The molecule has 0 radical (unpaired) electrons. The highest BCUT2D eigenvalue weighted by Gasteiger charge is 2.48. The maximum Gasteiger partial charge on any atom is 0.538 e. The molecule has 3 aromatic rings. The second kappa shape index (κ2) is 8.81. The maximum absolute atomic E-state index is 2.74. The van der Waals surface area contributed by atoms with Gasteiger partial charge in [0.15, 0.2) is 0 Å². The molecule has 4 heteroatoms. The summed E-state index contributed by atoms with van der Waals surface area (Å²) in [6, 6.07) is 14.3. The van der Waals surface area contributed by atoms with Crippen LogP contribution in [0.3, 0.4) is 0 Å². The Morgan fingerprint density at radius 1 is 0.906 bits per heavy atom. The largest absolute Gasteiger partial charge is 0.538 e. The molecule has 4 rings (SSSR count). The van der Waals surface area contributed by atoms with E-state index in [9.17, 15) is 0 Å². The van der Waals surface area contributed by atoms with Crippen LogP contribution in [0, 0.1) is 6.92 Å². The van der Waals surface area contributed by atoms with Crippen LogP contribution in [0.5, 0.6) is 0 Å². The van der Waals surface area contributed by atoms with Crippen LogP contribution in [0.15, 0.2) is 48.8 Å². The Hall–Kier alpha value is -2.49. The Morgan fingerprint density at radius 3 is 2.06 bits per heavy atom. The van der Waals surface area contributed by atoms with Crippen molar-refractivity contribution in [1.82, 2.24) is 4.57 Å². The molecule has 2 aromatic carbocycles. The van der Waals surface area contributed by atoms with E-state index >= 15 is 0 Å². The molecule has 2 heterocycles. The molecule has 3 nitrogen and oxygen atoms in total. The molecule has 32 heavy (non-hydrogen) atoms. The first-order valence-electron chi connectivity index (χ1n) is 12.4. The Balaban J connectivity index is 2.12. The summed E-state index contributed by atoms with van der Waals surface area (Å²) in [5, 5.41) is 0. The number of aryl methyl sites for hydroxylation is 2. The van der Waals surface area contributed by atoms with Gasteiger partial charge in [-0.25, -0.2) is 4.57 Å². The normalized spacial score (nSPS) is 13.3. The standard InChI is InChI=1S/C28H39BN3/c1-9-22(10-2)32-25-16-11-13-21(7)26(25)28-30(8)17-18-31(28)29(32)27-23(19(3)4)14-12-15-24(27)20(5)6/h11-20,22H,9-10H2,1-8H3/q+1. The molecule has 0 aliphatic carbocycles. The third kappa shape index (κ3) is 3.48. The number of fused-ring (bicyclic) bond motifs is 3. The van der Waals surface area contributed by atoms with Crippen LogP contribution in [0.4, 0.5) is 5.69 Å². The monoisotopic (exact) mass is 428 g/mol. The van der Waals surface area contributed by atoms with Crippen LogP contribution in [0.2, 0.25) is 0 Å². The number of nitrogens with zero attached hydrogens (tertiary/aromatic N) is 3. The first kappa shape index (κ1) is 22.7. The number of benzene rings is 2. The molecular formula is C28H39BN3+. The van der Waals surface area contributed by atoms with Gasteiger partial charge in [0.05, 0.1) is 12.6 Å². The Labute approximate surface area is 195 Å². The molecule has 1 aliphatic rings. The summed E-state index contributed by atoms with van der Waals surface area (Å²) in [5.41, 5.74) is 8.52. The van der Waals surface area contributed by atoms with Crippen LogP contribution in [0.25, 0.3) is 11.4 Å². The van der Waals surface area contributed by atoms with E-state index in [1.807, 2.05) is 0 Å². The van der Waals surface area contributed by atoms with Crippen molar-refractivity contribution in [2.75, 3.05) is 4.81 Å². The van der Waals surface area contributed by atoms with Crippen molar-refractivity contribution < 1.29 is 4.48 Å². The summed E-state index contributed by atoms with van der Waals surface area (Å²) in [6.07, 6.45) is 6.78. The average Bonchev–Trinajstić information content (AvgIpc) is 3.15. The van der Waals surface area contributed by atoms with Crippen molar-refractivity contribution in [1.29, 1.82) is 0 Å². The Kier molecular flexibility index (Phi) is 6.25. The Bertz CT molecular complexity index is 1080. The number of hydrogen-bond acceptors (Lipinski definition) is 1. The number of imidazole rings is 1. The lowest BCUT2D eigenvalue weighted by molar-refractivity contribution is -0.524. The van der Waals surface area contributed by atoms with Gasteiger partial charge in [-0.05, 0) is 54.4 Å². The quantitative estimate of drug-likeness (QED) is 0.453. The fraction of sp³-hybridized carbons (Fsp3) is 0.464. The molecule has 0 spiro atoms. The molecule has 0 atom stereocenters. The van der Waals surface area contributed by atoms with Crippen molar-refractivity contribution in [3.8, 4) is 11.4 Å². The van der Waals surface area contributed by atoms with Crippen LogP contribution >= 0.6 is 0 Å². The van der Waals surface area contributed by atoms with E-state index in [1.54, 1.807) is 0 Å². The minimum absolute atomic E-state index is 0.154. The summed E-state index contributed by atoms with van der Waals surface area (Å²) in [7, 11) is 2.18.